The molecule has 1 aliphatic heterocycles. The first-order chi connectivity index (χ1) is 21.0. The molecule has 1 saturated heterocycles. The average Bonchev–Trinajstić information content (AvgIpc) is 2.97. The number of benzene rings is 2. The van der Waals surface area contributed by atoms with Gasteiger partial charge in [0, 0.05) is 42.5 Å². The molecule has 0 unspecified atom stereocenters. The van der Waals surface area contributed by atoms with Gasteiger partial charge in [0.25, 0.3) is 11.1 Å². The number of likely N-dealkylation sites (tertiary alicyclic amines) is 1. The lowest BCUT2D eigenvalue weighted by molar-refractivity contribution is 0.172. The van der Waals surface area contributed by atoms with Crippen LogP contribution >= 0.6 is 0 Å². The summed E-state index contributed by atoms with van der Waals surface area (Å²) in [6.45, 7) is 8.55. The third-order valence-corrected chi connectivity index (χ3v) is 8.18. The summed E-state index contributed by atoms with van der Waals surface area (Å²) in [4.78, 5) is 33.5. The first-order valence-electron chi connectivity index (χ1n) is 14.6. The van der Waals surface area contributed by atoms with Gasteiger partial charge >= 0.3 is 0 Å². The second-order valence-electron chi connectivity index (χ2n) is 12.4. The molecule has 226 valence electrons. The number of nitrogens with one attached hydrogen (secondary N) is 1. The highest BCUT2D eigenvalue weighted by Crippen LogP contribution is 2.31. The molecule has 0 amide bonds. The zero-order valence-electron chi connectivity index (χ0n) is 25.3. The van der Waals surface area contributed by atoms with Crippen molar-refractivity contribution in [3.8, 4) is 16.8 Å². The molecule has 2 aromatic carbocycles. The minimum absolute atomic E-state index is 0.0701. The van der Waals surface area contributed by atoms with Gasteiger partial charge in [0.05, 0.1) is 23.9 Å². The Morgan fingerprint density at radius 1 is 1.02 bits per heavy atom. The van der Waals surface area contributed by atoms with Crippen LogP contribution in [0.1, 0.15) is 43.9 Å². The summed E-state index contributed by atoms with van der Waals surface area (Å²) >= 11 is 0. The van der Waals surface area contributed by atoms with Gasteiger partial charge in [-0.3, -0.25) is 14.5 Å². The monoisotopic (exact) mass is 594 g/mol. The van der Waals surface area contributed by atoms with E-state index < -0.39 is 18.0 Å². The summed E-state index contributed by atoms with van der Waals surface area (Å²) < 4.78 is 17.9. The van der Waals surface area contributed by atoms with Gasteiger partial charge in [0.2, 0.25) is 0 Å². The molecule has 1 fully saturated rings. The predicted molar refractivity (Wildman–Crippen MR) is 170 cm³/mol. The second kappa shape index (κ2) is 11.4. The van der Waals surface area contributed by atoms with E-state index in [9.17, 15) is 14.7 Å². The van der Waals surface area contributed by atoms with Gasteiger partial charge in [-0.1, -0.05) is 39.0 Å². The highest BCUT2D eigenvalue weighted by molar-refractivity contribution is 5.83. The average molecular weight is 595 g/mol. The van der Waals surface area contributed by atoms with Gasteiger partial charge in [-0.2, -0.15) is 9.78 Å². The number of aliphatic hydroxyl groups excluding tert-OH is 1. The lowest BCUT2D eigenvalue weighted by Gasteiger charge is -2.30. The van der Waals surface area contributed by atoms with E-state index in [0.29, 0.717) is 39.3 Å². The Morgan fingerprint density at radius 3 is 2.48 bits per heavy atom. The molecule has 9 nitrogen and oxygen atoms in total. The molecular weight excluding hydrogens is 559 g/mol. The van der Waals surface area contributed by atoms with E-state index in [-0.39, 0.29) is 16.4 Å². The van der Waals surface area contributed by atoms with Crippen LogP contribution in [0.5, 0.6) is 0 Å². The quantitative estimate of drug-likeness (QED) is 0.273. The molecule has 4 heterocycles. The van der Waals surface area contributed by atoms with Gasteiger partial charge in [-0.15, -0.1) is 0 Å². The van der Waals surface area contributed by atoms with E-state index in [1.165, 1.54) is 23.3 Å². The number of hydrogen-bond donors (Lipinski definition) is 2. The molecule has 0 aliphatic carbocycles. The number of halogens is 1. The molecule has 5 aromatic rings. The van der Waals surface area contributed by atoms with Crippen molar-refractivity contribution in [3.05, 3.63) is 110 Å². The smallest absolute Gasteiger partial charge is 0.282 e. The topological polar surface area (TPSA) is 105 Å². The number of fused-ring (bicyclic) bond motifs is 1. The van der Waals surface area contributed by atoms with Crippen LogP contribution in [0.15, 0.2) is 76.7 Å². The minimum Gasteiger partial charge on any atom is -0.392 e. The van der Waals surface area contributed by atoms with E-state index in [2.05, 4.69) is 20.3 Å². The summed E-state index contributed by atoms with van der Waals surface area (Å²) in [7, 11) is 1.65. The highest BCUT2D eigenvalue weighted by Gasteiger charge is 2.21. The van der Waals surface area contributed by atoms with E-state index in [4.69, 9.17) is 0 Å². The van der Waals surface area contributed by atoms with Gasteiger partial charge in [-0.25, -0.2) is 9.37 Å². The fraction of sp³-hybridized carbons (Fsp3) is 0.294. The zero-order chi connectivity index (χ0) is 31.2. The molecule has 0 spiro atoms. The number of anilines is 2. The third kappa shape index (κ3) is 5.54. The van der Waals surface area contributed by atoms with Crippen LogP contribution in [-0.2, 0) is 25.6 Å². The Balaban J connectivity index is 1.39. The van der Waals surface area contributed by atoms with Crippen molar-refractivity contribution in [1.29, 1.82) is 0 Å². The van der Waals surface area contributed by atoms with Crippen molar-refractivity contribution in [3.63, 3.8) is 0 Å². The molecule has 2 N–H and O–H groups in total. The molecule has 10 heteroatoms. The van der Waals surface area contributed by atoms with Crippen molar-refractivity contribution < 1.29 is 9.50 Å². The highest BCUT2D eigenvalue weighted by atomic mass is 19.1. The number of aromatic nitrogens is 4. The summed E-state index contributed by atoms with van der Waals surface area (Å²) in [6.07, 6.45) is 6.17. The molecular formula is C34H35FN6O3. The fourth-order valence-corrected chi connectivity index (χ4v) is 5.52. The fourth-order valence-electron chi connectivity index (χ4n) is 5.52. The standard InChI is InChI=1S/C34H35FN6O3/c1-34(2,3)24-13-22-17-37-41(33(44)31(22)27(35)15-24)29-8-5-7-25(26(29)20-42)23-14-28(32(43)39(4)19-23)38-30-10-9-21(16-36-30)18-40-11-6-12-40/h5,7-10,13-17,19,42H,6,11-12,18,20H2,1-4H3,(H,36,38). The van der Waals surface area contributed by atoms with Gasteiger partial charge in [0.15, 0.2) is 0 Å². The largest absolute Gasteiger partial charge is 0.392 e. The van der Waals surface area contributed by atoms with Crippen molar-refractivity contribution in [2.45, 2.75) is 45.8 Å². The van der Waals surface area contributed by atoms with E-state index in [1.807, 2.05) is 39.1 Å². The Kier molecular flexibility index (Phi) is 7.65. The second-order valence-corrected chi connectivity index (χ2v) is 12.4. The number of rotatable bonds is 7. The molecule has 0 saturated carbocycles. The third-order valence-electron chi connectivity index (χ3n) is 8.18. The van der Waals surface area contributed by atoms with Crippen molar-refractivity contribution in [2.75, 3.05) is 18.4 Å². The molecule has 44 heavy (non-hydrogen) atoms. The molecule has 3 aromatic heterocycles. The molecule has 0 bridgehead atoms. The van der Waals surface area contributed by atoms with Gasteiger partial charge in [0.1, 0.15) is 17.3 Å². The van der Waals surface area contributed by atoms with Gasteiger partial charge in [-0.05, 0) is 71.9 Å². The van der Waals surface area contributed by atoms with Crippen LogP contribution in [0.2, 0.25) is 0 Å². The maximum absolute atomic E-state index is 15.3. The SMILES string of the molecule is Cn1cc(-c2cccc(-n3ncc4cc(C(C)(C)C)cc(F)c4c3=O)c2CO)cc(Nc2ccc(CN3CCC3)cn2)c1=O. The number of aliphatic hydroxyl groups is 1. The summed E-state index contributed by atoms with van der Waals surface area (Å²) in [5.74, 6) is -0.0856. The lowest BCUT2D eigenvalue weighted by atomic mass is 9.86. The van der Waals surface area contributed by atoms with Crippen LogP contribution < -0.4 is 16.4 Å². The zero-order valence-corrected chi connectivity index (χ0v) is 25.3. The number of nitrogens with zero attached hydrogens (tertiary/aromatic N) is 5. The van der Waals surface area contributed by atoms with Crippen molar-refractivity contribution in [1.82, 2.24) is 24.2 Å². The Labute approximate surface area is 254 Å². The number of hydrogen-bond acceptors (Lipinski definition) is 7. The van der Waals surface area contributed by atoms with Crippen molar-refractivity contribution in [2.24, 2.45) is 7.05 Å². The molecule has 1 aliphatic rings. The lowest BCUT2D eigenvalue weighted by Crippen LogP contribution is -2.36. The van der Waals surface area contributed by atoms with E-state index >= 15 is 4.39 Å². The maximum Gasteiger partial charge on any atom is 0.282 e. The molecule has 0 atom stereocenters. The van der Waals surface area contributed by atoms with E-state index in [0.717, 1.165) is 35.4 Å². The summed E-state index contributed by atoms with van der Waals surface area (Å²) in [5.41, 5.74) is 2.94. The van der Waals surface area contributed by atoms with Gasteiger partial charge < -0.3 is 15.0 Å². The Morgan fingerprint density at radius 2 is 1.82 bits per heavy atom. The van der Waals surface area contributed by atoms with Crippen molar-refractivity contribution >= 4 is 22.3 Å². The summed E-state index contributed by atoms with van der Waals surface area (Å²) in [6, 6.07) is 13.9. The maximum atomic E-state index is 15.3. The normalized spacial score (nSPS) is 13.7. The minimum atomic E-state index is -0.626. The van der Waals surface area contributed by atoms with Crippen LogP contribution in [0.4, 0.5) is 15.9 Å². The summed E-state index contributed by atoms with van der Waals surface area (Å²) in [5, 5.41) is 18.4. The Bertz CT molecular complexity index is 1990. The van der Waals surface area contributed by atoms with Crippen LogP contribution in [-0.4, -0.2) is 42.4 Å². The first-order valence-corrected chi connectivity index (χ1v) is 14.6. The predicted octanol–water partition coefficient (Wildman–Crippen LogP) is 5.02. The first kappa shape index (κ1) is 29.4. The van der Waals surface area contributed by atoms with E-state index in [1.54, 1.807) is 43.6 Å². The number of pyridine rings is 2. The molecule has 6 rings (SSSR count). The van der Waals surface area contributed by atoms with Crippen LogP contribution in [0.25, 0.3) is 27.6 Å². The Hall–Kier alpha value is -4.67. The van der Waals surface area contributed by atoms with Crippen LogP contribution in [0, 0.1) is 5.82 Å². The van der Waals surface area contributed by atoms with Crippen LogP contribution in [0.3, 0.4) is 0 Å². The number of aryl methyl sites for hydroxylation is 1. The molecule has 0 radical (unpaired) electrons.